The second-order valence-corrected chi connectivity index (χ2v) is 7.32. The van der Waals surface area contributed by atoms with Gasteiger partial charge < -0.3 is 9.73 Å². The van der Waals surface area contributed by atoms with E-state index in [0.29, 0.717) is 27.7 Å². The van der Waals surface area contributed by atoms with Crippen LogP contribution in [0.25, 0.3) is 22.6 Å². The third-order valence-corrected chi connectivity index (χ3v) is 5.06. The van der Waals surface area contributed by atoms with Crippen LogP contribution >= 0.6 is 27.5 Å². The number of amides is 1. The van der Waals surface area contributed by atoms with Crippen LogP contribution in [-0.2, 0) is 11.2 Å². The van der Waals surface area contributed by atoms with Crippen LogP contribution in [0.15, 0.2) is 75.6 Å². The number of halogens is 2. The number of carbonyl (C=O) groups is 1. The van der Waals surface area contributed by atoms with E-state index in [1.807, 2.05) is 48.5 Å². The van der Waals surface area contributed by atoms with Crippen molar-refractivity contribution in [3.05, 3.63) is 81.8 Å². The molecule has 1 aromatic heterocycles. The molecule has 0 atom stereocenters. The van der Waals surface area contributed by atoms with Gasteiger partial charge in [0, 0.05) is 20.7 Å². The molecule has 0 saturated heterocycles. The average Bonchev–Trinajstić information content (AvgIpc) is 3.07. The van der Waals surface area contributed by atoms with E-state index in [2.05, 4.69) is 26.2 Å². The first-order valence-corrected chi connectivity index (χ1v) is 9.45. The van der Waals surface area contributed by atoms with Crippen LogP contribution < -0.4 is 5.32 Å². The first-order valence-electron chi connectivity index (χ1n) is 8.28. The zero-order chi connectivity index (χ0) is 18.8. The fraction of sp³-hybridized carbons (Fsp3) is 0.0476. The SMILES string of the molecule is O=C(Cc1ccccc1Br)Nc1cccc(-c2nc3cc(Cl)ccc3o2)c1. The van der Waals surface area contributed by atoms with Crippen molar-refractivity contribution in [2.45, 2.75) is 6.42 Å². The molecule has 27 heavy (non-hydrogen) atoms. The number of oxazole rings is 1. The standard InChI is InChI=1S/C21H14BrClN2O2/c22-17-7-2-1-4-13(17)11-20(26)24-16-6-3-5-14(10-16)21-25-18-12-15(23)8-9-19(18)27-21/h1-10,12H,11H2,(H,24,26). The molecular formula is C21H14BrClN2O2. The van der Waals surface area contributed by atoms with Crippen molar-refractivity contribution in [2.24, 2.45) is 0 Å². The van der Waals surface area contributed by atoms with Crippen molar-refractivity contribution < 1.29 is 9.21 Å². The molecule has 4 aromatic rings. The maximum atomic E-state index is 12.4. The fourth-order valence-electron chi connectivity index (χ4n) is 2.77. The smallest absolute Gasteiger partial charge is 0.228 e. The summed E-state index contributed by atoms with van der Waals surface area (Å²) < 4.78 is 6.71. The van der Waals surface area contributed by atoms with Gasteiger partial charge in [-0.2, -0.15) is 0 Å². The lowest BCUT2D eigenvalue weighted by atomic mass is 10.1. The Balaban J connectivity index is 1.55. The predicted molar refractivity (Wildman–Crippen MR) is 111 cm³/mol. The number of nitrogens with zero attached hydrogens (tertiary/aromatic N) is 1. The molecule has 4 rings (SSSR count). The molecule has 0 aliphatic carbocycles. The lowest BCUT2D eigenvalue weighted by Gasteiger charge is -2.07. The molecule has 0 unspecified atom stereocenters. The van der Waals surface area contributed by atoms with E-state index in [1.165, 1.54) is 0 Å². The Labute approximate surface area is 169 Å². The van der Waals surface area contributed by atoms with Gasteiger partial charge in [-0.05, 0) is 48.0 Å². The molecule has 1 N–H and O–H groups in total. The summed E-state index contributed by atoms with van der Waals surface area (Å²) in [6.45, 7) is 0. The Bertz CT molecular complexity index is 1140. The van der Waals surface area contributed by atoms with Crippen LogP contribution in [0.2, 0.25) is 5.02 Å². The molecule has 6 heteroatoms. The molecule has 1 heterocycles. The average molecular weight is 442 g/mol. The molecule has 0 aliphatic rings. The quantitative estimate of drug-likeness (QED) is 0.417. The second-order valence-electron chi connectivity index (χ2n) is 6.03. The third kappa shape index (κ3) is 4.04. The van der Waals surface area contributed by atoms with E-state index in [1.54, 1.807) is 18.2 Å². The number of carbonyl (C=O) groups excluding carboxylic acids is 1. The van der Waals surface area contributed by atoms with Crippen LogP contribution in [0.1, 0.15) is 5.56 Å². The van der Waals surface area contributed by atoms with Crippen molar-refractivity contribution in [1.82, 2.24) is 4.98 Å². The number of anilines is 1. The maximum absolute atomic E-state index is 12.4. The Morgan fingerprint density at radius 3 is 2.78 bits per heavy atom. The van der Waals surface area contributed by atoms with Gasteiger partial charge in [-0.15, -0.1) is 0 Å². The number of benzene rings is 3. The summed E-state index contributed by atoms with van der Waals surface area (Å²) in [4.78, 5) is 16.8. The number of aromatic nitrogens is 1. The van der Waals surface area contributed by atoms with Gasteiger partial charge in [0.2, 0.25) is 11.8 Å². The summed E-state index contributed by atoms with van der Waals surface area (Å²) in [7, 11) is 0. The lowest BCUT2D eigenvalue weighted by molar-refractivity contribution is -0.115. The minimum Gasteiger partial charge on any atom is -0.436 e. The van der Waals surface area contributed by atoms with E-state index >= 15 is 0 Å². The van der Waals surface area contributed by atoms with Crippen LogP contribution in [0.5, 0.6) is 0 Å². The molecule has 0 fully saturated rings. The first kappa shape index (κ1) is 17.8. The number of rotatable bonds is 4. The normalized spacial score (nSPS) is 10.9. The highest BCUT2D eigenvalue weighted by Gasteiger charge is 2.11. The molecule has 1 amide bonds. The molecular weight excluding hydrogens is 428 g/mol. The number of fused-ring (bicyclic) bond motifs is 1. The highest BCUT2D eigenvalue weighted by molar-refractivity contribution is 9.10. The van der Waals surface area contributed by atoms with Crippen molar-refractivity contribution in [3.8, 4) is 11.5 Å². The highest BCUT2D eigenvalue weighted by atomic mass is 79.9. The van der Waals surface area contributed by atoms with Gasteiger partial charge in [-0.1, -0.05) is 51.8 Å². The Hall–Kier alpha value is -2.63. The topological polar surface area (TPSA) is 55.1 Å². The zero-order valence-corrected chi connectivity index (χ0v) is 16.4. The van der Waals surface area contributed by atoms with Gasteiger partial charge in [-0.25, -0.2) is 4.98 Å². The van der Waals surface area contributed by atoms with Crippen molar-refractivity contribution in [2.75, 3.05) is 5.32 Å². The van der Waals surface area contributed by atoms with Crippen molar-refractivity contribution in [3.63, 3.8) is 0 Å². The number of hydrogen-bond acceptors (Lipinski definition) is 3. The molecule has 4 nitrogen and oxygen atoms in total. The van der Waals surface area contributed by atoms with Crippen LogP contribution in [0.3, 0.4) is 0 Å². The van der Waals surface area contributed by atoms with E-state index in [-0.39, 0.29) is 12.3 Å². The fourth-order valence-corrected chi connectivity index (χ4v) is 3.37. The Kier molecular flexibility index (Phi) is 4.97. The minimum absolute atomic E-state index is 0.0941. The molecule has 0 saturated carbocycles. The van der Waals surface area contributed by atoms with E-state index in [4.69, 9.17) is 16.0 Å². The number of hydrogen-bond donors (Lipinski definition) is 1. The lowest BCUT2D eigenvalue weighted by Crippen LogP contribution is -2.14. The summed E-state index contributed by atoms with van der Waals surface area (Å²) in [5.74, 6) is 0.387. The van der Waals surface area contributed by atoms with Crippen molar-refractivity contribution >= 4 is 50.2 Å². The summed E-state index contributed by atoms with van der Waals surface area (Å²) in [5, 5.41) is 3.53. The summed E-state index contributed by atoms with van der Waals surface area (Å²) in [6.07, 6.45) is 0.285. The third-order valence-electron chi connectivity index (χ3n) is 4.05. The second kappa shape index (κ2) is 7.55. The monoisotopic (exact) mass is 440 g/mol. The molecule has 0 bridgehead atoms. The van der Waals surface area contributed by atoms with Crippen molar-refractivity contribution in [1.29, 1.82) is 0 Å². The summed E-state index contributed by atoms with van der Waals surface area (Å²) in [5.41, 5.74) is 3.76. The number of nitrogens with one attached hydrogen (secondary N) is 1. The molecule has 0 spiro atoms. The van der Waals surface area contributed by atoms with Gasteiger partial charge in [0.15, 0.2) is 5.58 Å². The largest absolute Gasteiger partial charge is 0.436 e. The van der Waals surface area contributed by atoms with E-state index < -0.39 is 0 Å². The van der Waals surface area contributed by atoms with E-state index in [0.717, 1.165) is 15.6 Å². The molecule has 3 aromatic carbocycles. The minimum atomic E-state index is -0.0941. The Morgan fingerprint density at radius 1 is 1.07 bits per heavy atom. The highest BCUT2D eigenvalue weighted by Crippen LogP contribution is 2.28. The van der Waals surface area contributed by atoms with Crippen LogP contribution in [0.4, 0.5) is 5.69 Å². The van der Waals surface area contributed by atoms with Gasteiger partial charge in [0.05, 0.1) is 6.42 Å². The van der Waals surface area contributed by atoms with Gasteiger partial charge in [0.1, 0.15) is 5.52 Å². The van der Waals surface area contributed by atoms with Crippen LogP contribution in [0, 0.1) is 0 Å². The maximum Gasteiger partial charge on any atom is 0.228 e. The van der Waals surface area contributed by atoms with Gasteiger partial charge in [-0.3, -0.25) is 4.79 Å². The molecule has 134 valence electrons. The van der Waals surface area contributed by atoms with Gasteiger partial charge in [0.25, 0.3) is 0 Å². The first-order chi connectivity index (χ1) is 13.1. The summed E-state index contributed by atoms with van der Waals surface area (Å²) >= 11 is 9.47. The van der Waals surface area contributed by atoms with Gasteiger partial charge >= 0.3 is 0 Å². The molecule has 0 aliphatic heterocycles. The molecule has 0 radical (unpaired) electrons. The Morgan fingerprint density at radius 2 is 1.93 bits per heavy atom. The van der Waals surface area contributed by atoms with Crippen LogP contribution in [-0.4, -0.2) is 10.9 Å². The zero-order valence-electron chi connectivity index (χ0n) is 14.1. The van der Waals surface area contributed by atoms with E-state index in [9.17, 15) is 4.79 Å². The predicted octanol–water partition coefficient (Wildman–Crippen LogP) is 6.09. The summed E-state index contributed by atoms with van der Waals surface area (Å²) in [6, 6.07) is 20.4.